The predicted octanol–water partition coefficient (Wildman–Crippen LogP) is 1.27. The van der Waals surface area contributed by atoms with Crippen LogP contribution in [0.25, 0.3) is 0 Å². The lowest BCUT2D eigenvalue weighted by atomic mass is 10.1. The fourth-order valence-corrected chi connectivity index (χ4v) is 1.43. The Bertz CT molecular complexity index is 586. The molecule has 92 valence electrons. The molecule has 6 nitrogen and oxygen atoms in total. The molecule has 0 spiro atoms. The summed E-state index contributed by atoms with van der Waals surface area (Å²) in [5, 5.41) is 10.1. The van der Waals surface area contributed by atoms with E-state index in [4.69, 9.17) is 0 Å². The summed E-state index contributed by atoms with van der Waals surface area (Å²) in [6.07, 6.45) is 1.53. The Morgan fingerprint density at radius 1 is 1.22 bits per heavy atom. The van der Waals surface area contributed by atoms with Gasteiger partial charge >= 0.3 is 0 Å². The highest BCUT2D eigenvalue weighted by Crippen LogP contribution is 2.11. The number of nitrogens with one attached hydrogen (secondary N) is 1. The Labute approximate surface area is 104 Å². The largest absolute Gasteiger partial charge is 0.321 e. The quantitative estimate of drug-likeness (QED) is 0.825. The third kappa shape index (κ3) is 2.60. The van der Waals surface area contributed by atoms with E-state index >= 15 is 0 Å². The highest BCUT2D eigenvalue weighted by Gasteiger charge is 2.10. The molecule has 0 aliphatic rings. The van der Waals surface area contributed by atoms with Gasteiger partial charge < -0.3 is 5.32 Å². The first-order valence-electron chi connectivity index (χ1n) is 5.35. The molecule has 2 aromatic rings. The number of ketones is 1. The minimum absolute atomic E-state index is 0.0122. The zero-order valence-electron chi connectivity index (χ0n) is 10.0. The van der Waals surface area contributed by atoms with Gasteiger partial charge in [-0.2, -0.15) is 0 Å². The molecule has 1 N–H and O–H groups in total. The van der Waals surface area contributed by atoms with Gasteiger partial charge in [-0.05, 0) is 31.2 Å². The van der Waals surface area contributed by atoms with Crippen LogP contribution in [-0.4, -0.2) is 26.7 Å². The van der Waals surface area contributed by atoms with Gasteiger partial charge in [-0.1, -0.05) is 5.21 Å². The van der Waals surface area contributed by atoms with Crippen LogP contribution in [0.1, 0.15) is 27.8 Å². The molecule has 0 aliphatic carbocycles. The smallest absolute Gasteiger partial charge is 0.277 e. The van der Waals surface area contributed by atoms with Crippen molar-refractivity contribution in [3.8, 4) is 0 Å². The van der Waals surface area contributed by atoms with Crippen LogP contribution in [0.3, 0.4) is 0 Å². The molecule has 0 saturated carbocycles. The first kappa shape index (κ1) is 12.0. The standard InChI is InChI=1S/C12H12N4O2/c1-8(17)9-3-5-10(6-4-9)13-12(18)11-7-16(2)15-14-11/h3-7H,1-2H3,(H,13,18). The molecule has 0 fully saturated rings. The molecule has 1 aromatic carbocycles. The van der Waals surface area contributed by atoms with Crippen LogP contribution in [0.5, 0.6) is 0 Å². The molecule has 0 aliphatic heterocycles. The number of carbonyl (C=O) groups is 2. The number of rotatable bonds is 3. The predicted molar refractivity (Wildman–Crippen MR) is 65.4 cm³/mol. The maximum Gasteiger partial charge on any atom is 0.277 e. The van der Waals surface area contributed by atoms with Crippen LogP contribution < -0.4 is 5.32 Å². The zero-order chi connectivity index (χ0) is 13.1. The summed E-state index contributed by atoms with van der Waals surface area (Å²) in [5.41, 5.74) is 1.45. The molecule has 0 bridgehead atoms. The van der Waals surface area contributed by atoms with E-state index in [1.807, 2.05) is 0 Å². The third-order valence-electron chi connectivity index (χ3n) is 2.38. The number of benzene rings is 1. The second-order valence-electron chi connectivity index (χ2n) is 3.87. The van der Waals surface area contributed by atoms with E-state index in [1.165, 1.54) is 17.8 Å². The molecule has 2 rings (SSSR count). The molecule has 0 radical (unpaired) electrons. The van der Waals surface area contributed by atoms with Crippen LogP contribution in [0.2, 0.25) is 0 Å². The molecule has 1 amide bonds. The SMILES string of the molecule is CC(=O)c1ccc(NC(=O)c2cn(C)nn2)cc1. The van der Waals surface area contributed by atoms with Crippen molar-refractivity contribution < 1.29 is 9.59 Å². The lowest BCUT2D eigenvalue weighted by Crippen LogP contribution is -2.12. The van der Waals surface area contributed by atoms with Gasteiger partial charge in [-0.3, -0.25) is 14.3 Å². The molecule has 0 saturated heterocycles. The van der Waals surface area contributed by atoms with Gasteiger partial charge in [-0.15, -0.1) is 5.10 Å². The van der Waals surface area contributed by atoms with Crippen LogP contribution in [0.15, 0.2) is 30.5 Å². The van der Waals surface area contributed by atoms with Crippen LogP contribution in [-0.2, 0) is 7.05 Å². The van der Waals surface area contributed by atoms with Gasteiger partial charge in [0.25, 0.3) is 5.91 Å². The number of anilines is 1. The van der Waals surface area contributed by atoms with Gasteiger partial charge in [0.2, 0.25) is 0 Å². The summed E-state index contributed by atoms with van der Waals surface area (Å²) in [6, 6.07) is 6.67. The Morgan fingerprint density at radius 2 is 1.89 bits per heavy atom. The monoisotopic (exact) mass is 244 g/mol. The highest BCUT2D eigenvalue weighted by molar-refractivity contribution is 6.03. The van der Waals surface area contributed by atoms with Crippen molar-refractivity contribution in [2.75, 3.05) is 5.32 Å². The van der Waals surface area contributed by atoms with Gasteiger partial charge in [0.1, 0.15) is 0 Å². The minimum Gasteiger partial charge on any atom is -0.321 e. The number of nitrogens with zero attached hydrogens (tertiary/aromatic N) is 3. The Kier molecular flexibility index (Phi) is 3.18. The summed E-state index contributed by atoms with van der Waals surface area (Å²) in [5.74, 6) is -0.347. The minimum atomic E-state index is -0.335. The lowest BCUT2D eigenvalue weighted by molar-refractivity contribution is 0.101. The van der Waals surface area contributed by atoms with Crippen molar-refractivity contribution in [2.45, 2.75) is 6.92 Å². The van der Waals surface area contributed by atoms with Gasteiger partial charge in [0.05, 0.1) is 6.20 Å². The molecule has 0 unspecified atom stereocenters. The maximum absolute atomic E-state index is 11.8. The van der Waals surface area contributed by atoms with Gasteiger partial charge in [-0.25, -0.2) is 0 Å². The summed E-state index contributed by atoms with van der Waals surface area (Å²) in [7, 11) is 1.69. The number of carbonyl (C=O) groups excluding carboxylic acids is 2. The fourth-order valence-electron chi connectivity index (χ4n) is 1.43. The Balaban J connectivity index is 2.10. The third-order valence-corrected chi connectivity index (χ3v) is 2.38. The van der Waals surface area contributed by atoms with E-state index in [1.54, 1.807) is 31.3 Å². The van der Waals surface area contributed by atoms with Crippen molar-refractivity contribution >= 4 is 17.4 Å². The average molecular weight is 244 g/mol. The van der Waals surface area contributed by atoms with E-state index in [2.05, 4.69) is 15.6 Å². The molecular formula is C12H12N4O2. The van der Waals surface area contributed by atoms with Crippen molar-refractivity contribution in [2.24, 2.45) is 7.05 Å². The van der Waals surface area contributed by atoms with Gasteiger partial charge in [0, 0.05) is 18.3 Å². The summed E-state index contributed by atoms with van der Waals surface area (Å²) < 4.78 is 1.45. The zero-order valence-corrected chi connectivity index (χ0v) is 10.0. The maximum atomic E-state index is 11.8. The second kappa shape index (κ2) is 4.79. The molecule has 0 atom stereocenters. The Hall–Kier alpha value is -2.50. The first-order chi connectivity index (χ1) is 8.56. The number of hydrogen-bond donors (Lipinski definition) is 1. The summed E-state index contributed by atoms with van der Waals surface area (Å²) >= 11 is 0. The van der Waals surface area contributed by atoms with E-state index in [0.29, 0.717) is 11.3 Å². The Morgan fingerprint density at radius 3 is 2.39 bits per heavy atom. The number of Topliss-reactive ketones (excluding diaryl/α,β-unsaturated/α-hetero) is 1. The lowest BCUT2D eigenvalue weighted by Gasteiger charge is -2.03. The second-order valence-corrected chi connectivity index (χ2v) is 3.87. The first-order valence-corrected chi connectivity index (χ1v) is 5.35. The summed E-state index contributed by atoms with van der Waals surface area (Å²) in [4.78, 5) is 22.8. The van der Waals surface area contributed by atoms with Crippen molar-refractivity contribution in [1.29, 1.82) is 0 Å². The van der Waals surface area contributed by atoms with Crippen molar-refractivity contribution in [1.82, 2.24) is 15.0 Å². The average Bonchev–Trinajstić information content (AvgIpc) is 2.76. The normalized spacial score (nSPS) is 10.1. The number of aryl methyl sites for hydroxylation is 1. The van der Waals surface area contributed by atoms with Crippen LogP contribution >= 0.6 is 0 Å². The topological polar surface area (TPSA) is 76.9 Å². The highest BCUT2D eigenvalue weighted by atomic mass is 16.2. The molecule has 1 aromatic heterocycles. The van der Waals surface area contributed by atoms with Crippen LogP contribution in [0, 0.1) is 0 Å². The van der Waals surface area contributed by atoms with E-state index in [0.717, 1.165) is 0 Å². The van der Waals surface area contributed by atoms with E-state index in [-0.39, 0.29) is 17.4 Å². The molecule has 18 heavy (non-hydrogen) atoms. The van der Waals surface area contributed by atoms with Crippen molar-refractivity contribution in [3.63, 3.8) is 0 Å². The number of hydrogen-bond acceptors (Lipinski definition) is 4. The number of aromatic nitrogens is 3. The fraction of sp³-hybridized carbons (Fsp3) is 0.167. The molecule has 6 heteroatoms. The van der Waals surface area contributed by atoms with E-state index < -0.39 is 0 Å². The van der Waals surface area contributed by atoms with Crippen LogP contribution in [0.4, 0.5) is 5.69 Å². The number of amides is 1. The molecular weight excluding hydrogens is 232 g/mol. The summed E-state index contributed by atoms with van der Waals surface area (Å²) in [6.45, 7) is 1.49. The van der Waals surface area contributed by atoms with Gasteiger partial charge in [0.15, 0.2) is 11.5 Å². The molecule has 1 heterocycles. The van der Waals surface area contributed by atoms with E-state index in [9.17, 15) is 9.59 Å². The van der Waals surface area contributed by atoms with Crippen molar-refractivity contribution in [3.05, 3.63) is 41.7 Å².